The summed E-state index contributed by atoms with van der Waals surface area (Å²) in [7, 11) is 0. The van der Waals surface area contributed by atoms with Crippen molar-refractivity contribution in [2.75, 3.05) is 32.7 Å². The number of nitro benzene ring substituents is 1. The molecule has 0 radical (unpaired) electrons. The molecule has 2 heterocycles. The lowest BCUT2D eigenvalue weighted by Crippen LogP contribution is -2.50. The topological polar surface area (TPSA) is 75.9 Å². The Balaban J connectivity index is 1.53. The molecule has 2 aliphatic heterocycles. The summed E-state index contributed by atoms with van der Waals surface area (Å²) < 4.78 is 5.86. The molecule has 7 nitrogen and oxygen atoms in total. The molecule has 2 atom stereocenters. The number of carbonyl (C=O) groups excluding carboxylic acids is 1. The van der Waals surface area contributed by atoms with Gasteiger partial charge in [-0.3, -0.25) is 19.8 Å². The lowest BCUT2D eigenvalue weighted by molar-refractivity contribution is -0.384. The maximum Gasteiger partial charge on any atom is 0.270 e. The number of carbonyl (C=O) groups is 1. The standard InChI is InChI=1S/C17H23N3O4/c1-13-5-6-16(24-13)12-18-7-9-19(10-8-18)17(21)14-3-2-4-15(11-14)20(22)23/h2-4,11,13,16H,5-10,12H2,1H3/t13-,16+/m1/s1. The van der Waals surface area contributed by atoms with E-state index in [-0.39, 0.29) is 11.6 Å². The van der Waals surface area contributed by atoms with Crippen molar-refractivity contribution in [2.24, 2.45) is 0 Å². The maximum absolute atomic E-state index is 12.5. The summed E-state index contributed by atoms with van der Waals surface area (Å²) in [5.41, 5.74) is 0.331. The first-order chi connectivity index (χ1) is 11.5. The van der Waals surface area contributed by atoms with Crippen molar-refractivity contribution in [1.29, 1.82) is 0 Å². The Kier molecular flexibility index (Phi) is 5.11. The molecular weight excluding hydrogens is 310 g/mol. The largest absolute Gasteiger partial charge is 0.374 e. The van der Waals surface area contributed by atoms with E-state index in [1.807, 2.05) is 0 Å². The van der Waals surface area contributed by atoms with Crippen molar-refractivity contribution in [1.82, 2.24) is 9.80 Å². The minimum Gasteiger partial charge on any atom is -0.374 e. The van der Waals surface area contributed by atoms with Crippen LogP contribution >= 0.6 is 0 Å². The van der Waals surface area contributed by atoms with Gasteiger partial charge in [0.15, 0.2) is 0 Å². The molecule has 1 aromatic rings. The lowest BCUT2D eigenvalue weighted by Gasteiger charge is -2.35. The van der Waals surface area contributed by atoms with Gasteiger partial charge in [-0.15, -0.1) is 0 Å². The molecule has 0 saturated carbocycles. The SMILES string of the molecule is C[C@@H]1CC[C@@H](CN2CCN(C(=O)c3cccc([N+](=O)[O-])c3)CC2)O1. The van der Waals surface area contributed by atoms with Gasteiger partial charge in [0.2, 0.25) is 0 Å². The molecule has 0 aliphatic carbocycles. The van der Waals surface area contributed by atoms with E-state index in [1.54, 1.807) is 17.0 Å². The van der Waals surface area contributed by atoms with Crippen molar-refractivity contribution < 1.29 is 14.5 Å². The second-order valence-electron chi connectivity index (χ2n) is 6.55. The van der Waals surface area contributed by atoms with Gasteiger partial charge in [0, 0.05) is 50.4 Å². The van der Waals surface area contributed by atoms with E-state index in [2.05, 4.69) is 11.8 Å². The molecule has 130 valence electrons. The van der Waals surface area contributed by atoms with Gasteiger partial charge in [0.05, 0.1) is 17.1 Å². The van der Waals surface area contributed by atoms with E-state index >= 15 is 0 Å². The second kappa shape index (κ2) is 7.27. The Bertz CT molecular complexity index is 614. The summed E-state index contributed by atoms with van der Waals surface area (Å²) in [5.74, 6) is -0.135. The van der Waals surface area contributed by atoms with Crippen molar-refractivity contribution in [3.05, 3.63) is 39.9 Å². The average Bonchev–Trinajstić information content (AvgIpc) is 3.00. The number of benzene rings is 1. The molecule has 0 unspecified atom stereocenters. The summed E-state index contributed by atoms with van der Waals surface area (Å²) in [6.45, 7) is 5.94. The number of hydrogen-bond donors (Lipinski definition) is 0. The molecule has 3 rings (SSSR count). The fourth-order valence-electron chi connectivity index (χ4n) is 3.38. The lowest BCUT2D eigenvalue weighted by atomic mass is 10.1. The fourth-order valence-corrected chi connectivity index (χ4v) is 3.38. The van der Waals surface area contributed by atoms with Crippen LogP contribution in [0.5, 0.6) is 0 Å². The van der Waals surface area contributed by atoms with Crippen LogP contribution in [0.3, 0.4) is 0 Å². The third kappa shape index (κ3) is 3.91. The van der Waals surface area contributed by atoms with Crippen molar-refractivity contribution in [3.8, 4) is 0 Å². The van der Waals surface area contributed by atoms with Crippen LogP contribution in [0.1, 0.15) is 30.1 Å². The van der Waals surface area contributed by atoms with Crippen LogP contribution in [0, 0.1) is 10.1 Å². The number of rotatable bonds is 4. The first kappa shape index (κ1) is 16.9. The van der Waals surface area contributed by atoms with Crippen LogP contribution in [-0.4, -0.2) is 65.6 Å². The average molecular weight is 333 g/mol. The number of ether oxygens (including phenoxy) is 1. The van der Waals surface area contributed by atoms with Crippen LogP contribution < -0.4 is 0 Å². The number of amides is 1. The minimum atomic E-state index is -0.475. The summed E-state index contributed by atoms with van der Waals surface area (Å²) in [4.78, 5) is 27.0. The zero-order valence-corrected chi connectivity index (χ0v) is 13.9. The number of piperazine rings is 1. The molecule has 7 heteroatoms. The van der Waals surface area contributed by atoms with Crippen LogP contribution in [-0.2, 0) is 4.74 Å². The molecule has 0 N–H and O–H groups in total. The molecule has 1 aromatic carbocycles. The molecule has 2 saturated heterocycles. The fraction of sp³-hybridized carbons (Fsp3) is 0.588. The second-order valence-corrected chi connectivity index (χ2v) is 6.55. The quantitative estimate of drug-likeness (QED) is 0.621. The number of hydrogen-bond acceptors (Lipinski definition) is 5. The minimum absolute atomic E-state index is 0.0491. The number of nitrogens with zero attached hydrogens (tertiary/aromatic N) is 3. The smallest absolute Gasteiger partial charge is 0.270 e. The molecule has 2 fully saturated rings. The Labute approximate surface area is 141 Å². The van der Waals surface area contributed by atoms with Crippen LogP contribution in [0.25, 0.3) is 0 Å². The van der Waals surface area contributed by atoms with Crippen LogP contribution in [0.15, 0.2) is 24.3 Å². The molecule has 1 amide bonds. The Morgan fingerprint density at radius 2 is 2.04 bits per heavy atom. The van der Waals surface area contributed by atoms with Gasteiger partial charge in [-0.2, -0.15) is 0 Å². The number of nitro groups is 1. The van der Waals surface area contributed by atoms with E-state index in [9.17, 15) is 14.9 Å². The highest BCUT2D eigenvalue weighted by Crippen LogP contribution is 2.21. The predicted octanol–water partition coefficient (Wildman–Crippen LogP) is 1.92. The first-order valence-electron chi connectivity index (χ1n) is 8.44. The Morgan fingerprint density at radius 1 is 1.29 bits per heavy atom. The van der Waals surface area contributed by atoms with Crippen molar-refractivity contribution >= 4 is 11.6 Å². The van der Waals surface area contributed by atoms with Crippen molar-refractivity contribution in [3.63, 3.8) is 0 Å². The predicted molar refractivity (Wildman–Crippen MR) is 89.0 cm³/mol. The van der Waals surface area contributed by atoms with Gasteiger partial charge in [-0.1, -0.05) is 6.07 Å². The van der Waals surface area contributed by atoms with E-state index < -0.39 is 4.92 Å². The van der Waals surface area contributed by atoms with Gasteiger partial charge in [-0.25, -0.2) is 0 Å². The monoisotopic (exact) mass is 333 g/mol. The van der Waals surface area contributed by atoms with Crippen LogP contribution in [0.4, 0.5) is 5.69 Å². The van der Waals surface area contributed by atoms with Crippen molar-refractivity contribution in [2.45, 2.75) is 32.0 Å². The van der Waals surface area contributed by atoms with E-state index in [1.165, 1.54) is 12.1 Å². The zero-order valence-electron chi connectivity index (χ0n) is 13.9. The Hall–Kier alpha value is -1.99. The third-order valence-electron chi connectivity index (χ3n) is 4.75. The maximum atomic E-state index is 12.5. The summed E-state index contributed by atoms with van der Waals surface area (Å²) in [5, 5.41) is 10.8. The highest BCUT2D eigenvalue weighted by molar-refractivity contribution is 5.94. The van der Waals surface area contributed by atoms with E-state index in [0.29, 0.717) is 30.9 Å². The van der Waals surface area contributed by atoms with E-state index in [0.717, 1.165) is 32.5 Å². The highest BCUT2D eigenvalue weighted by Gasteiger charge is 2.27. The van der Waals surface area contributed by atoms with Gasteiger partial charge >= 0.3 is 0 Å². The zero-order chi connectivity index (χ0) is 17.1. The Morgan fingerprint density at radius 3 is 2.67 bits per heavy atom. The van der Waals surface area contributed by atoms with Gasteiger partial charge in [0.25, 0.3) is 11.6 Å². The molecule has 0 spiro atoms. The number of non-ortho nitro benzene ring substituents is 1. The summed E-state index contributed by atoms with van der Waals surface area (Å²) in [6, 6.07) is 5.94. The van der Waals surface area contributed by atoms with Gasteiger partial charge in [-0.05, 0) is 25.8 Å². The summed E-state index contributed by atoms with van der Waals surface area (Å²) >= 11 is 0. The first-order valence-corrected chi connectivity index (χ1v) is 8.44. The molecule has 24 heavy (non-hydrogen) atoms. The third-order valence-corrected chi connectivity index (χ3v) is 4.75. The summed E-state index contributed by atoms with van der Waals surface area (Å²) in [6.07, 6.45) is 2.88. The molecule has 2 aliphatic rings. The van der Waals surface area contributed by atoms with Gasteiger partial charge in [0.1, 0.15) is 0 Å². The molecule has 0 aromatic heterocycles. The van der Waals surface area contributed by atoms with Crippen LogP contribution in [0.2, 0.25) is 0 Å². The molecule has 0 bridgehead atoms. The highest BCUT2D eigenvalue weighted by atomic mass is 16.6. The molecular formula is C17H23N3O4. The normalized spacial score (nSPS) is 25.0. The van der Waals surface area contributed by atoms with E-state index in [4.69, 9.17) is 4.74 Å². The van der Waals surface area contributed by atoms with Gasteiger partial charge < -0.3 is 9.64 Å².